The highest BCUT2D eigenvalue weighted by atomic mass is 16.5. The number of hydrogen-bond acceptors (Lipinski definition) is 6. The highest BCUT2D eigenvalue weighted by molar-refractivity contribution is 6.07. The lowest BCUT2D eigenvalue weighted by Crippen LogP contribution is -2.34. The number of rotatable bonds is 8. The summed E-state index contributed by atoms with van der Waals surface area (Å²) in [6.45, 7) is 6.50. The molecule has 3 N–H and O–H groups in total. The zero-order valence-corrected chi connectivity index (χ0v) is 16.4. The lowest BCUT2D eigenvalue weighted by Gasteiger charge is -2.30. The standard InChI is InChI=1S/C23H26N4O2/c1-26-20-15-22(19(16-24)17-25)29-23(20)21(27-11-13-28-14-12-27)10-6-5-9-18-7-3-2-4-8-18/h2-8,10,15-17,24H,1,9,11-14,25H2/b6-5-,19-17+,21-10+,24-16?. The number of allylic oxidation sites excluding steroid dienone is 4. The topological polar surface area (TPSA) is 87.8 Å². The summed E-state index contributed by atoms with van der Waals surface area (Å²) in [6, 6.07) is 12.1. The predicted octanol–water partition coefficient (Wildman–Crippen LogP) is 4.03. The van der Waals surface area contributed by atoms with Gasteiger partial charge in [-0.3, -0.25) is 4.99 Å². The van der Waals surface area contributed by atoms with Crippen molar-refractivity contribution in [2.45, 2.75) is 6.42 Å². The quantitative estimate of drug-likeness (QED) is 0.526. The van der Waals surface area contributed by atoms with E-state index in [4.69, 9.17) is 20.3 Å². The van der Waals surface area contributed by atoms with E-state index in [-0.39, 0.29) is 0 Å². The molecule has 29 heavy (non-hydrogen) atoms. The molecule has 0 saturated carbocycles. The molecule has 0 spiro atoms. The summed E-state index contributed by atoms with van der Waals surface area (Å²) in [4.78, 5) is 6.34. The first kappa shape index (κ1) is 20.4. The van der Waals surface area contributed by atoms with Gasteiger partial charge in [-0.15, -0.1) is 0 Å². The summed E-state index contributed by atoms with van der Waals surface area (Å²) in [5, 5.41) is 7.52. The molecule has 2 aromatic rings. The van der Waals surface area contributed by atoms with E-state index in [1.807, 2.05) is 30.4 Å². The third kappa shape index (κ3) is 5.12. The van der Waals surface area contributed by atoms with Crippen LogP contribution in [0.5, 0.6) is 0 Å². The Kier molecular flexibility index (Phi) is 7.19. The molecule has 2 heterocycles. The van der Waals surface area contributed by atoms with E-state index in [1.165, 1.54) is 11.8 Å². The van der Waals surface area contributed by atoms with Crippen LogP contribution >= 0.6 is 0 Å². The van der Waals surface area contributed by atoms with Crippen LogP contribution in [0.15, 0.2) is 70.2 Å². The van der Waals surface area contributed by atoms with Crippen molar-refractivity contribution in [3.63, 3.8) is 0 Å². The lowest BCUT2D eigenvalue weighted by molar-refractivity contribution is 0.0633. The lowest BCUT2D eigenvalue weighted by atomic mass is 10.1. The Morgan fingerprint density at radius 3 is 2.66 bits per heavy atom. The molecule has 6 heteroatoms. The molecular weight excluding hydrogens is 364 g/mol. The maximum atomic E-state index is 7.52. The second kappa shape index (κ2) is 10.2. The van der Waals surface area contributed by atoms with E-state index in [9.17, 15) is 0 Å². The van der Waals surface area contributed by atoms with Gasteiger partial charge in [0.05, 0.1) is 24.5 Å². The Labute approximate surface area is 171 Å². The molecule has 0 atom stereocenters. The Bertz CT molecular complexity index is 920. The smallest absolute Gasteiger partial charge is 0.176 e. The van der Waals surface area contributed by atoms with Crippen molar-refractivity contribution < 1.29 is 9.15 Å². The van der Waals surface area contributed by atoms with Crippen molar-refractivity contribution in [1.82, 2.24) is 4.90 Å². The van der Waals surface area contributed by atoms with Gasteiger partial charge in [0, 0.05) is 31.6 Å². The number of nitrogens with zero attached hydrogens (tertiary/aromatic N) is 2. The van der Waals surface area contributed by atoms with Gasteiger partial charge >= 0.3 is 0 Å². The van der Waals surface area contributed by atoms with Gasteiger partial charge < -0.3 is 25.2 Å². The minimum absolute atomic E-state index is 0.488. The Hall–Kier alpha value is -3.38. The van der Waals surface area contributed by atoms with E-state index in [0.29, 0.717) is 36.0 Å². The summed E-state index contributed by atoms with van der Waals surface area (Å²) >= 11 is 0. The summed E-state index contributed by atoms with van der Waals surface area (Å²) in [7, 11) is 0. The number of ether oxygens (including phenoxy) is 1. The normalized spacial score (nSPS) is 15.7. The van der Waals surface area contributed by atoms with E-state index >= 15 is 0 Å². The molecule has 0 amide bonds. The third-order valence-electron chi connectivity index (χ3n) is 4.67. The van der Waals surface area contributed by atoms with Crippen molar-refractivity contribution in [3.8, 4) is 0 Å². The monoisotopic (exact) mass is 390 g/mol. The molecule has 3 rings (SSSR count). The van der Waals surface area contributed by atoms with Crippen LogP contribution in [0.1, 0.15) is 17.1 Å². The largest absolute Gasteiger partial charge is 0.452 e. The van der Waals surface area contributed by atoms with Gasteiger partial charge in [-0.2, -0.15) is 0 Å². The molecule has 150 valence electrons. The van der Waals surface area contributed by atoms with Gasteiger partial charge in [0.15, 0.2) is 5.76 Å². The van der Waals surface area contributed by atoms with Crippen molar-refractivity contribution >= 4 is 29.9 Å². The minimum Gasteiger partial charge on any atom is -0.452 e. The molecule has 1 aliphatic rings. The molecule has 0 bridgehead atoms. The van der Waals surface area contributed by atoms with Crippen LogP contribution in [0.4, 0.5) is 5.69 Å². The maximum absolute atomic E-state index is 7.52. The molecule has 1 aromatic carbocycles. The van der Waals surface area contributed by atoms with E-state index < -0.39 is 0 Å². The first-order chi connectivity index (χ1) is 14.3. The summed E-state index contributed by atoms with van der Waals surface area (Å²) < 4.78 is 11.6. The van der Waals surface area contributed by atoms with Crippen LogP contribution in [-0.2, 0) is 11.2 Å². The Morgan fingerprint density at radius 1 is 1.24 bits per heavy atom. The van der Waals surface area contributed by atoms with E-state index in [2.05, 4.69) is 34.8 Å². The second-order valence-corrected chi connectivity index (χ2v) is 6.52. The van der Waals surface area contributed by atoms with Crippen molar-refractivity contribution in [2.24, 2.45) is 10.7 Å². The van der Waals surface area contributed by atoms with Gasteiger partial charge in [0.2, 0.25) is 0 Å². The third-order valence-corrected chi connectivity index (χ3v) is 4.67. The van der Waals surface area contributed by atoms with Crippen LogP contribution in [0.25, 0.3) is 11.3 Å². The summed E-state index contributed by atoms with van der Waals surface area (Å²) in [5.41, 5.74) is 8.89. The number of hydrogen-bond donors (Lipinski definition) is 2. The molecule has 1 saturated heterocycles. The summed E-state index contributed by atoms with van der Waals surface area (Å²) in [6.07, 6.45) is 9.53. The SMILES string of the molecule is C=Nc1cc(/C(C=N)=C/N)oc1/C(=C\C=C/Cc1ccccc1)N1CCOCC1. The van der Waals surface area contributed by atoms with Crippen LogP contribution in [0.3, 0.4) is 0 Å². The molecule has 6 nitrogen and oxygen atoms in total. The van der Waals surface area contributed by atoms with Crippen molar-refractivity contribution in [3.05, 3.63) is 77.9 Å². The van der Waals surface area contributed by atoms with Gasteiger partial charge in [-0.25, -0.2) is 0 Å². The number of nitrogens with two attached hydrogens (primary N) is 1. The zero-order chi connectivity index (χ0) is 20.5. The molecule has 1 fully saturated rings. The number of morpholine rings is 1. The molecule has 1 aliphatic heterocycles. The summed E-state index contributed by atoms with van der Waals surface area (Å²) in [5.74, 6) is 1.11. The highest BCUT2D eigenvalue weighted by Gasteiger charge is 2.22. The Morgan fingerprint density at radius 2 is 2.00 bits per heavy atom. The van der Waals surface area contributed by atoms with Crippen LogP contribution in [-0.4, -0.2) is 44.1 Å². The first-order valence-electron chi connectivity index (χ1n) is 9.54. The number of nitrogens with one attached hydrogen (secondary N) is 1. The number of benzene rings is 1. The van der Waals surface area contributed by atoms with Gasteiger partial charge in [-0.05, 0) is 24.8 Å². The predicted molar refractivity (Wildman–Crippen MR) is 119 cm³/mol. The minimum atomic E-state index is 0.488. The van der Waals surface area contributed by atoms with Crippen LogP contribution in [0, 0.1) is 5.41 Å². The number of furan rings is 1. The number of aliphatic imine (C=N–C) groups is 1. The molecule has 0 radical (unpaired) electrons. The Balaban J connectivity index is 1.93. The van der Waals surface area contributed by atoms with Gasteiger partial charge in [-0.1, -0.05) is 42.5 Å². The molecule has 0 aliphatic carbocycles. The molecule has 0 unspecified atom stereocenters. The van der Waals surface area contributed by atoms with Gasteiger partial charge in [0.25, 0.3) is 0 Å². The van der Waals surface area contributed by atoms with Crippen LogP contribution < -0.4 is 5.73 Å². The average molecular weight is 390 g/mol. The fourth-order valence-corrected chi connectivity index (χ4v) is 3.13. The highest BCUT2D eigenvalue weighted by Crippen LogP contribution is 2.34. The maximum Gasteiger partial charge on any atom is 0.176 e. The fourth-order valence-electron chi connectivity index (χ4n) is 3.13. The zero-order valence-electron chi connectivity index (χ0n) is 16.4. The fraction of sp³-hybridized carbons (Fsp3) is 0.217. The van der Waals surface area contributed by atoms with Gasteiger partial charge in [0.1, 0.15) is 11.4 Å². The van der Waals surface area contributed by atoms with Crippen LogP contribution in [0.2, 0.25) is 0 Å². The van der Waals surface area contributed by atoms with Crippen molar-refractivity contribution in [1.29, 1.82) is 5.41 Å². The van der Waals surface area contributed by atoms with Crippen molar-refractivity contribution in [2.75, 3.05) is 26.3 Å². The molecular formula is C23H26N4O2. The van der Waals surface area contributed by atoms with E-state index in [1.54, 1.807) is 6.07 Å². The molecule has 1 aromatic heterocycles. The second-order valence-electron chi connectivity index (χ2n) is 6.52. The van der Waals surface area contributed by atoms with E-state index in [0.717, 1.165) is 31.4 Å². The average Bonchev–Trinajstić information content (AvgIpc) is 3.20. The first-order valence-corrected chi connectivity index (χ1v) is 9.54.